The molecular formula is C16H21N3O2S. The highest BCUT2D eigenvalue weighted by atomic mass is 32.1. The number of aryl methyl sites for hydroxylation is 2. The Kier molecular flexibility index (Phi) is 3.82. The monoisotopic (exact) mass is 319 g/mol. The fourth-order valence-electron chi connectivity index (χ4n) is 2.76. The lowest BCUT2D eigenvalue weighted by molar-refractivity contribution is 0.0780. The number of hydrogen-bond donors (Lipinski definition) is 1. The summed E-state index contributed by atoms with van der Waals surface area (Å²) >= 11 is 1.40. The van der Waals surface area contributed by atoms with Crippen molar-refractivity contribution in [3.05, 3.63) is 28.5 Å². The summed E-state index contributed by atoms with van der Waals surface area (Å²) in [6.45, 7) is 8.00. The van der Waals surface area contributed by atoms with Gasteiger partial charge in [-0.15, -0.1) is 11.3 Å². The van der Waals surface area contributed by atoms with E-state index in [1.54, 1.807) is 0 Å². The minimum absolute atomic E-state index is 0.0369. The SMILES string of the molecule is Cc1ccc(-c2nc(C)c(C(=O)N3CCC(C)(CN)C3)s2)o1. The summed E-state index contributed by atoms with van der Waals surface area (Å²) < 4.78 is 5.60. The molecule has 1 fully saturated rings. The van der Waals surface area contributed by atoms with Crippen LogP contribution in [0.4, 0.5) is 0 Å². The molecule has 3 heterocycles. The summed E-state index contributed by atoms with van der Waals surface area (Å²) in [5.41, 5.74) is 6.62. The highest BCUT2D eigenvalue weighted by Crippen LogP contribution is 2.33. The average molecular weight is 319 g/mol. The van der Waals surface area contributed by atoms with E-state index in [0.29, 0.717) is 11.4 Å². The second-order valence-corrected chi connectivity index (χ2v) is 7.33. The number of rotatable bonds is 3. The van der Waals surface area contributed by atoms with Gasteiger partial charge in [-0.3, -0.25) is 4.79 Å². The normalized spacial score (nSPS) is 21.5. The molecule has 2 N–H and O–H groups in total. The zero-order valence-corrected chi connectivity index (χ0v) is 14.0. The Morgan fingerprint density at radius 3 is 2.86 bits per heavy atom. The quantitative estimate of drug-likeness (QED) is 0.944. The van der Waals surface area contributed by atoms with Gasteiger partial charge in [-0.1, -0.05) is 6.92 Å². The highest BCUT2D eigenvalue weighted by Gasteiger charge is 2.36. The van der Waals surface area contributed by atoms with E-state index in [-0.39, 0.29) is 11.3 Å². The van der Waals surface area contributed by atoms with Crippen LogP contribution in [0.3, 0.4) is 0 Å². The first-order valence-corrected chi connectivity index (χ1v) is 8.27. The number of hydrogen-bond acceptors (Lipinski definition) is 5. The van der Waals surface area contributed by atoms with Gasteiger partial charge in [0.25, 0.3) is 5.91 Å². The van der Waals surface area contributed by atoms with E-state index >= 15 is 0 Å². The third kappa shape index (κ3) is 2.68. The zero-order chi connectivity index (χ0) is 15.9. The predicted molar refractivity (Wildman–Crippen MR) is 87.0 cm³/mol. The molecule has 0 radical (unpaired) electrons. The largest absolute Gasteiger partial charge is 0.459 e. The second kappa shape index (κ2) is 5.52. The van der Waals surface area contributed by atoms with Gasteiger partial charge in [0.2, 0.25) is 0 Å². The Morgan fingerprint density at radius 1 is 1.50 bits per heavy atom. The molecule has 6 heteroatoms. The minimum atomic E-state index is 0.0369. The maximum atomic E-state index is 12.7. The van der Waals surface area contributed by atoms with E-state index in [4.69, 9.17) is 10.2 Å². The van der Waals surface area contributed by atoms with Crippen molar-refractivity contribution in [2.24, 2.45) is 11.1 Å². The second-order valence-electron chi connectivity index (χ2n) is 6.34. The van der Waals surface area contributed by atoms with Gasteiger partial charge in [-0.25, -0.2) is 4.98 Å². The van der Waals surface area contributed by atoms with E-state index in [9.17, 15) is 4.79 Å². The van der Waals surface area contributed by atoms with Crippen molar-refractivity contribution >= 4 is 17.2 Å². The van der Waals surface area contributed by atoms with Crippen LogP contribution in [0.2, 0.25) is 0 Å². The van der Waals surface area contributed by atoms with Crippen molar-refractivity contribution in [2.75, 3.05) is 19.6 Å². The molecule has 2 aromatic heterocycles. The first-order chi connectivity index (χ1) is 10.4. The fourth-order valence-corrected chi connectivity index (χ4v) is 3.75. The molecule has 1 aliphatic rings. The van der Waals surface area contributed by atoms with Gasteiger partial charge in [-0.2, -0.15) is 0 Å². The van der Waals surface area contributed by atoms with Crippen molar-refractivity contribution in [2.45, 2.75) is 27.2 Å². The predicted octanol–water partition coefficient (Wildman–Crippen LogP) is 2.83. The van der Waals surface area contributed by atoms with Crippen LogP contribution in [0.5, 0.6) is 0 Å². The van der Waals surface area contributed by atoms with Crippen molar-refractivity contribution in [1.82, 2.24) is 9.88 Å². The number of furan rings is 1. The molecule has 0 spiro atoms. The molecule has 1 unspecified atom stereocenters. The van der Waals surface area contributed by atoms with Crippen LogP contribution in [0.15, 0.2) is 16.5 Å². The van der Waals surface area contributed by atoms with Gasteiger partial charge in [0.05, 0.1) is 5.69 Å². The van der Waals surface area contributed by atoms with Gasteiger partial charge in [0.1, 0.15) is 10.6 Å². The lowest BCUT2D eigenvalue weighted by atomic mass is 9.90. The van der Waals surface area contributed by atoms with E-state index in [1.807, 2.05) is 30.9 Å². The van der Waals surface area contributed by atoms with Gasteiger partial charge in [0.15, 0.2) is 10.8 Å². The van der Waals surface area contributed by atoms with Crippen LogP contribution >= 0.6 is 11.3 Å². The van der Waals surface area contributed by atoms with E-state index in [2.05, 4.69) is 11.9 Å². The summed E-state index contributed by atoms with van der Waals surface area (Å²) in [4.78, 5) is 19.8. The molecule has 118 valence electrons. The molecule has 1 amide bonds. The number of amides is 1. The Balaban J connectivity index is 1.83. The third-order valence-electron chi connectivity index (χ3n) is 4.28. The van der Waals surface area contributed by atoms with Crippen LogP contribution in [-0.2, 0) is 0 Å². The number of likely N-dealkylation sites (tertiary alicyclic amines) is 1. The van der Waals surface area contributed by atoms with Crippen molar-refractivity contribution in [3.63, 3.8) is 0 Å². The summed E-state index contributed by atoms with van der Waals surface area (Å²) in [5.74, 6) is 1.62. The smallest absolute Gasteiger partial charge is 0.265 e. The molecule has 3 rings (SSSR count). The Bertz CT molecular complexity index is 706. The van der Waals surface area contributed by atoms with Crippen molar-refractivity contribution in [3.8, 4) is 10.8 Å². The van der Waals surface area contributed by atoms with E-state index in [1.165, 1.54) is 11.3 Å². The summed E-state index contributed by atoms with van der Waals surface area (Å²) in [7, 11) is 0. The van der Waals surface area contributed by atoms with Gasteiger partial charge in [0, 0.05) is 13.1 Å². The number of nitrogens with zero attached hydrogens (tertiary/aromatic N) is 2. The first-order valence-electron chi connectivity index (χ1n) is 7.45. The topological polar surface area (TPSA) is 72.4 Å². The van der Waals surface area contributed by atoms with E-state index < -0.39 is 0 Å². The first kappa shape index (κ1) is 15.2. The highest BCUT2D eigenvalue weighted by molar-refractivity contribution is 7.17. The maximum absolute atomic E-state index is 12.7. The molecule has 0 aliphatic carbocycles. The summed E-state index contributed by atoms with van der Waals surface area (Å²) in [5, 5.41) is 0.759. The fraction of sp³-hybridized carbons (Fsp3) is 0.500. The molecule has 1 aliphatic heterocycles. The van der Waals surface area contributed by atoms with Crippen LogP contribution in [0.1, 0.15) is 34.5 Å². The number of thiazole rings is 1. The average Bonchev–Trinajstić information content (AvgIpc) is 3.18. The molecule has 0 aromatic carbocycles. The van der Waals surface area contributed by atoms with Crippen LogP contribution in [0.25, 0.3) is 10.8 Å². The van der Waals surface area contributed by atoms with Gasteiger partial charge in [-0.05, 0) is 44.4 Å². The van der Waals surface area contributed by atoms with Crippen LogP contribution in [0, 0.1) is 19.3 Å². The van der Waals surface area contributed by atoms with Gasteiger partial charge < -0.3 is 15.1 Å². The maximum Gasteiger partial charge on any atom is 0.265 e. The van der Waals surface area contributed by atoms with Crippen LogP contribution < -0.4 is 5.73 Å². The molecule has 22 heavy (non-hydrogen) atoms. The number of aromatic nitrogens is 1. The van der Waals surface area contributed by atoms with Crippen LogP contribution in [-0.4, -0.2) is 35.4 Å². The molecule has 0 bridgehead atoms. The molecule has 2 aromatic rings. The molecule has 1 saturated heterocycles. The standard InChI is InChI=1S/C16H21N3O2S/c1-10-4-5-12(21-10)14-18-11(2)13(22-14)15(20)19-7-6-16(3,8-17)9-19/h4-5H,6-9,17H2,1-3H3. The number of carbonyl (C=O) groups is 1. The summed E-state index contributed by atoms with van der Waals surface area (Å²) in [6.07, 6.45) is 0.956. The van der Waals surface area contributed by atoms with Gasteiger partial charge >= 0.3 is 0 Å². The molecule has 5 nitrogen and oxygen atoms in total. The molecule has 1 atom stereocenters. The third-order valence-corrected chi connectivity index (χ3v) is 5.44. The summed E-state index contributed by atoms with van der Waals surface area (Å²) in [6, 6.07) is 3.80. The Morgan fingerprint density at radius 2 is 2.27 bits per heavy atom. The van der Waals surface area contributed by atoms with E-state index in [0.717, 1.165) is 41.7 Å². The zero-order valence-electron chi connectivity index (χ0n) is 13.2. The number of carbonyl (C=O) groups excluding carboxylic acids is 1. The molecular weight excluding hydrogens is 298 g/mol. The minimum Gasteiger partial charge on any atom is -0.459 e. The molecule has 0 saturated carbocycles. The lowest BCUT2D eigenvalue weighted by Crippen LogP contribution is -2.34. The Labute approximate surface area is 134 Å². The number of nitrogens with two attached hydrogens (primary N) is 1. The Hall–Kier alpha value is -1.66. The van der Waals surface area contributed by atoms with Crippen molar-refractivity contribution < 1.29 is 9.21 Å². The van der Waals surface area contributed by atoms with Crippen molar-refractivity contribution in [1.29, 1.82) is 0 Å². The lowest BCUT2D eigenvalue weighted by Gasteiger charge is -2.22.